The van der Waals surface area contributed by atoms with Crippen LogP contribution in [0.5, 0.6) is 0 Å². The van der Waals surface area contributed by atoms with Gasteiger partial charge in [-0.15, -0.1) is 0 Å². The van der Waals surface area contributed by atoms with Gasteiger partial charge in [-0.3, -0.25) is 9.78 Å². The van der Waals surface area contributed by atoms with Gasteiger partial charge in [0.25, 0.3) is 0 Å². The molecule has 3 heterocycles. The lowest BCUT2D eigenvalue weighted by molar-refractivity contribution is -0.144. The summed E-state index contributed by atoms with van der Waals surface area (Å²) >= 11 is 3.43. The van der Waals surface area contributed by atoms with Crippen molar-refractivity contribution in [3.63, 3.8) is 0 Å². The van der Waals surface area contributed by atoms with Crippen molar-refractivity contribution in [2.75, 3.05) is 32.8 Å². The highest BCUT2D eigenvalue weighted by molar-refractivity contribution is 9.10. The molecule has 7 nitrogen and oxygen atoms in total. The maximum Gasteiger partial charge on any atom is 0.244 e. The average molecular weight is 494 g/mol. The Labute approximate surface area is 185 Å². The topological polar surface area (TPSA) is 79.8 Å². The van der Waals surface area contributed by atoms with E-state index in [2.05, 4.69) is 20.9 Å². The van der Waals surface area contributed by atoms with Gasteiger partial charge in [0.2, 0.25) is 15.9 Å². The van der Waals surface area contributed by atoms with Gasteiger partial charge in [0.05, 0.1) is 13.2 Å². The van der Waals surface area contributed by atoms with Crippen LogP contribution in [-0.2, 0) is 19.6 Å². The van der Waals surface area contributed by atoms with Gasteiger partial charge < -0.3 is 9.64 Å². The number of halogens is 1. The Morgan fingerprint density at radius 3 is 2.50 bits per heavy atom. The van der Waals surface area contributed by atoms with Crippen molar-refractivity contribution in [1.82, 2.24) is 14.2 Å². The summed E-state index contributed by atoms with van der Waals surface area (Å²) in [6.07, 6.45) is 3.83. The summed E-state index contributed by atoms with van der Waals surface area (Å²) in [6.45, 7) is 2.28. The fourth-order valence-electron chi connectivity index (χ4n) is 3.98. The summed E-state index contributed by atoms with van der Waals surface area (Å²) in [5, 5.41) is 0. The molecule has 0 spiro atoms. The largest absolute Gasteiger partial charge is 0.370 e. The SMILES string of the molecule is O=C(C1CCN(S(=O)(=O)c2cccnc2)CC1)N1CCOC(c2ccc(Br)cc2)C1. The molecule has 160 valence electrons. The third kappa shape index (κ3) is 4.59. The zero-order valence-electron chi connectivity index (χ0n) is 16.5. The maximum absolute atomic E-state index is 13.1. The molecular formula is C21H24BrN3O4S. The number of amides is 1. The van der Waals surface area contributed by atoms with Gasteiger partial charge in [-0.1, -0.05) is 28.1 Å². The molecule has 1 aromatic carbocycles. The van der Waals surface area contributed by atoms with Gasteiger partial charge in [0, 0.05) is 42.4 Å². The smallest absolute Gasteiger partial charge is 0.244 e. The van der Waals surface area contributed by atoms with Gasteiger partial charge in [-0.2, -0.15) is 4.31 Å². The fraction of sp³-hybridized carbons (Fsp3) is 0.429. The lowest BCUT2D eigenvalue weighted by Gasteiger charge is -2.37. The number of rotatable bonds is 4. The number of morpholine rings is 1. The molecule has 0 bridgehead atoms. The number of carbonyl (C=O) groups excluding carboxylic acids is 1. The molecule has 1 atom stereocenters. The molecule has 2 saturated heterocycles. The van der Waals surface area contributed by atoms with Crippen molar-refractivity contribution in [3.05, 3.63) is 58.8 Å². The highest BCUT2D eigenvalue weighted by Gasteiger charge is 2.35. The molecule has 30 heavy (non-hydrogen) atoms. The Morgan fingerprint density at radius 1 is 1.10 bits per heavy atom. The predicted molar refractivity (Wildman–Crippen MR) is 115 cm³/mol. The van der Waals surface area contributed by atoms with E-state index >= 15 is 0 Å². The number of sulfonamides is 1. The maximum atomic E-state index is 13.1. The average Bonchev–Trinajstić information content (AvgIpc) is 2.80. The Morgan fingerprint density at radius 2 is 1.83 bits per heavy atom. The van der Waals surface area contributed by atoms with Crippen LogP contribution in [0.1, 0.15) is 24.5 Å². The number of hydrogen-bond acceptors (Lipinski definition) is 5. The molecule has 1 amide bonds. The van der Waals surface area contributed by atoms with Gasteiger partial charge >= 0.3 is 0 Å². The zero-order valence-corrected chi connectivity index (χ0v) is 18.9. The summed E-state index contributed by atoms with van der Waals surface area (Å²) in [5.74, 6) is -0.0622. The van der Waals surface area contributed by atoms with E-state index < -0.39 is 10.0 Å². The molecular weight excluding hydrogens is 470 g/mol. The summed E-state index contributed by atoms with van der Waals surface area (Å²) in [5.41, 5.74) is 1.05. The van der Waals surface area contributed by atoms with Crippen LogP contribution < -0.4 is 0 Å². The number of hydrogen-bond donors (Lipinski definition) is 0. The quantitative estimate of drug-likeness (QED) is 0.653. The molecule has 2 aliphatic heterocycles. The number of pyridine rings is 1. The number of piperidine rings is 1. The first-order valence-electron chi connectivity index (χ1n) is 10.0. The minimum atomic E-state index is -3.56. The molecule has 2 fully saturated rings. The number of aromatic nitrogens is 1. The van der Waals surface area contributed by atoms with Gasteiger partial charge in [0.1, 0.15) is 11.0 Å². The molecule has 2 aromatic rings. The number of benzene rings is 1. The molecule has 0 radical (unpaired) electrons. The molecule has 0 aliphatic carbocycles. The van der Waals surface area contributed by atoms with Crippen LogP contribution in [0.15, 0.2) is 58.2 Å². The normalized spacial score (nSPS) is 21.5. The van der Waals surface area contributed by atoms with Crippen LogP contribution in [0.25, 0.3) is 0 Å². The van der Waals surface area contributed by atoms with Crippen LogP contribution in [0, 0.1) is 5.92 Å². The van der Waals surface area contributed by atoms with E-state index in [1.54, 1.807) is 18.3 Å². The van der Waals surface area contributed by atoms with E-state index in [0.717, 1.165) is 10.0 Å². The van der Waals surface area contributed by atoms with Crippen LogP contribution in [-0.4, -0.2) is 61.3 Å². The predicted octanol–water partition coefficient (Wildman–Crippen LogP) is 2.84. The lowest BCUT2D eigenvalue weighted by Crippen LogP contribution is -2.48. The second-order valence-corrected chi connectivity index (χ2v) is 10.4. The minimum absolute atomic E-state index is 0.0961. The second kappa shape index (κ2) is 9.13. The number of carbonyl (C=O) groups is 1. The highest BCUT2D eigenvalue weighted by Crippen LogP contribution is 2.28. The monoisotopic (exact) mass is 493 g/mol. The van der Waals surface area contributed by atoms with Crippen molar-refractivity contribution in [1.29, 1.82) is 0 Å². The molecule has 1 unspecified atom stereocenters. The first-order chi connectivity index (χ1) is 14.4. The van der Waals surface area contributed by atoms with E-state index in [9.17, 15) is 13.2 Å². The van der Waals surface area contributed by atoms with E-state index in [1.807, 2.05) is 29.2 Å². The molecule has 0 saturated carbocycles. The van der Waals surface area contributed by atoms with Crippen LogP contribution in [0.4, 0.5) is 0 Å². The minimum Gasteiger partial charge on any atom is -0.370 e. The standard InChI is InChI=1S/C21H24BrN3O4S/c22-18-5-3-16(4-6-18)20-15-24(12-13-29-20)21(26)17-7-10-25(11-8-17)30(27,28)19-2-1-9-23-14-19/h1-6,9,14,17,20H,7-8,10-13,15H2. The Bertz CT molecular complexity index is 977. The molecule has 2 aliphatic rings. The number of ether oxygens (including phenoxy) is 1. The van der Waals surface area contributed by atoms with Gasteiger partial charge in [-0.25, -0.2) is 8.42 Å². The molecule has 9 heteroatoms. The van der Waals surface area contributed by atoms with E-state index in [0.29, 0.717) is 45.6 Å². The molecule has 0 N–H and O–H groups in total. The summed E-state index contributed by atoms with van der Waals surface area (Å²) in [4.78, 5) is 19.1. The van der Waals surface area contributed by atoms with Crippen LogP contribution in [0.2, 0.25) is 0 Å². The Kier molecular flexibility index (Phi) is 6.52. The second-order valence-electron chi connectivity index (χ2n) is 7.56. The van der Waals surface area contributed by atoms with Crippen molar-refractivity contribution < 1.29 is 17.9 Å². The number of nitrogens with zero attached hydrogens (tertiary/aromatic N) is 3. The highest BCUT2D eigenvalue weighted by atomic mass is 79.9. The van der Waals surface area contributed by atoms with Crippen molar-refractivity contribution in [2.24, 2.45) is 5.92 Å². The first kappa shape index (κ1) is 21.4. The summed E-state index contributed by atoms with van der Waals surface area (Å²) in [6, 6.07) is 11.1. The van der Waals surface area contributed by atoms with Gasteiger partial charge in [0.15, 0.2) is 0 Å². The zero-order chi connectivity index (χ0) is 21.1. The van der Waals surface area contributed by atoms with E-state index in [-0.39, 0.29) is 22.8 Å². The fourth-order valence-corrected chi connectivity index (χ4v) is 5.68. The molecule has 4 rings (SSSR count). The first-order valence-corrected chi connectivity index (χ1v) is 12.2. The Hall–Kier alpha value is -1.81. The Balaban J connectivity index is 1.36. The summed E-state index contributed by atoms with van der Waals surface area (Å²) in [7, 11) is -3.56. The molecule has 1 aromatic heterocycles. The third-order valence-corrected chi connectivity index (χ3v) is 8.11. The van der Waals surface area contributed by atoms with Crippen molar-refractivity contribution in [3.8, 4) is 0 Å². The van der Waals surface area contributed by atoms with E-state index in [1.165, 1.54) is 10.5 Å². The van der Waals surface area contributed by atoms with Crippen LogP contribution in [0.3, 0.4) is 0 Å². The van der Waals surface area contributed by atoms with E-state index in [4.69, 9.17) is 4.74 Å². The third-order valence-electron chi connectivity index (χ3n) is 5.70. The van der Waals surface area contributed by atoms with Gasteiger partial charge in [-0.05, 0) is 42.7 Å². The van der Waals surface area contributed by atoms with Crippen molar-refractivity contribution in [2.45, 2.75) is 23.8 Å². The summed E-state index contributed by atoms with van der Waals surface area (Å²) < 4.78 is 33.9. The van der Waals surface area contributed by atoms with Crippen LogP contribution >= 0.6 is 15.9 Å². The van der Waals surface area contributed by atoms with Crippen molar-refractivity contribution >= 4 is 31.9 Å². The lowest BCUT2D eigenvalue weighted by atomic mass is 9.96.